The van der Waals surface area contributed by atoms with E-state index in [2.05, 4.69) is 9.69 Å². The maximum atomic E-state index is 14.1. The van der Waals surface area contributed by atoms with Gasteiger partial charge in [0.15, 0.2) is 5.69 Å². The molecular formula is C26H31N5O4S. The molecule has 0 aliphatic carbocycles. The smallest absolute Gasteiger partial charge is 0.273 e. The highest BCUT2D eigenvalue weighted by Crippen LogP contribution is 2.35. The fourth-order valence-corrected chi connectivity index (χ4v) is 4.60. The summed E-state index contributed by atoms with van der Waals surface area (Å²) in [5, 5.41) is 2.99. The minimum Gasteiger partial charge on any atom is -0.497 e. The summed E-state index contributed by atoms with van der Waals surface area (Å²) in [6, 6.07) is 11.5. The molecule has 1 aromatic heterocycles. The van der Waals surface area contributed by atoms with E-state index in [1.807, 2.05) is 52.8 Å². The Kier molecular flexibility index (Phi) is 7.68. The average Bonchev–Trinajstić information content (AvgIpc) is 3.16. The second-order valence-corrected chi connectivity index (χ2v) is 10.3. The Labute approximate surface area is 214 Å². The third-order valence-electron chi connectivity index (χ3n) is 5.30. The van der Waals surface area contributed by atoms with Crippen molar-refractivity contribution in [1.29, 1.82) is 0 Å². The molecule has 0 aliphatic heterocycles. The summed E-state index contributed by atoms with van der Waals surface area (Å²) >= 11 is 0.769. The van der Waals surface area contributed by atoms with Crippen molar-refractivity contribution in [3.63, 3.8) is 0 Å². The Balaban J connectivity index is 2.27. The molecule has 3 aromatic rings. The molecule has 1 atom stereocenters. The minimum atomic E-state index is -1.07. The molecular weight excluding hydrogens is 478 g/mol. The molecule has 9 nitrogen and oxygen atoms in total. The molecule has 0 radical (unpaired) electrons. The number of nitrogen functional groups attached to an aromatic ring is 1. The van der Waals surface area contributed by atoms with Gasteiger partial charge >= 0.3 is 0 Å². The number of primary amides is 1. The molecule has 0 saturated heterocycles. The number of nitrogens with two attached hydrogens (primary N) is 2. The van der Waals surface area contributed by atoms with Gasteiger partial charge in [-0.2, -0.15) is 4.37 Å². The highest BCUT2D eigenvalue weighted by Gasteiger charge is 2.37. The number of aromatic nitrogens is 1. The molecule has 0 spiro atoms. The van der Waals surface area contributed by atoms with Gasteiger partial charge < -0.3 is 21.5 Å². The standard InChI is InChI=1S/C26H31N5O4S/c1-14-11-15(2)13-17(12-14)31(25(34)22-19(27)20(23(28)32)30-36-22)21(24(33)29-26(3,4)5)16-7-9-18(35-6)10-8-16/h7-13,21H,27H2,1-6H3,(H2,28,32)(H,29,33)/t21-/m1/s1. The summed E-state index contributed by atoms with van der Waals surface area (Å²) in [5.74, 6) is -1.19. The van der Waals surface area contributed by atoms with Crippen LogP contribution in [0.1, 0.15) is 63.7 Å². The van der Waals surface area contributed by atoms with Crippen LogP contribution in [0.4, 0.5) is 11.4 Å². The molecule has 0 bridgehead atoms. The quantitative estimate of drug-likeness (QED) is 0.443. The van der Waals surface area contributed by atoms with Gasteiger partial charge in [-0.3, -0.25) is 19.3 Å². The molecule has 3 rings (SSSR count). The van der Waals surface area contributed by atoms with E-state index >= 15 is 0 Å². The number of nitrogens with zero attached hydrogens (tertiary/aromatic N) is 2. The summed E-state index contributed by atoms with van der Waals surface area (Å²) in [6.07, 6.45) is 0. The number of nitrogens with one attached hydrogen (secondary N) is 1. The third kappa shape index (κ3) is 5.83. The number of anilines is 2. The highest BCUT2D eigenvalue weighted by molar-refractivity contribution is 7.09. The Morgan fingerprint density at radius 2 is 1.64 bits per heavy atom. The van der Waals surface area contributed by atoms with Crippen LogP contribution < -0.4 is 26.4 Å². The molecule has 3 amide bonds. The number of rotatable bonds is 7. The number of carbonyl (C=O) groups excluding carboxylic acids is 3. The predicted octanol–water partition coefficient (Wildman–Crippen LogP) is 3.75. The zero-order valence-corrected chi connectivity index (χ0v) is 22.0. The molecule has 2 aromatic carbocycles. The minimum absolute atomic E-state index is 0.0185. The number of carbonyl (C=O) groups is 3. The van der Waals surface area contributed by atoms with Crippen LogP contribution in [-0.4, -0.2) is 34.7 Å². The van der Waals surface area contributed by atoms with Crippen LogP contribution in [-0.2, 0) is 4.79 Å². The van der Waals surface area contributed by atoms with Crippen LogP contribution in [0, 0.1) is 13.8 Å². The topological polar surface area (TPSA) is 141 Å². The maximum absolute atomic E-state index is 14.1. The zero-order valence-electron chi connectivity index (χ0n) is 21.2. The van der Waals surface area contributed by atoms with Crippen molar-refractivity contribution in [2.75, 3.05) is 17.7 Å². The van der Waals surface area contributed by atoms with Crippen LogP contribution in [0.3, 0.4) is 0 Å². The first-order valence-electron chi connectivity index (χ1n) is 11.2. The van der Waals surface area contributed by atoms with Gasteiger partial charge in [0, 0.05) is 11.2 Å². The lowest BCUT2D eigenvalue weighted by Crippen LogP contribution is -2.49. The van der Waals surface area contributed by atoms with Crippen LogP contribution >= 0.6 is 11.5 Å². The van der Waals surface area contributed by atoms with E-state index in [9.17, 15) is 14.4 Å². The van der Waals surface area contributed by atoms with Gasteiger partial charge in [0.1, 0.15) is 16.7 Å². The number of aryl methyl sites for hydroxylation is 2. The van der Waals surface area contributed by atoms with Crippen molar-refractivity contribution in [3.8, 4) is 5.75 Å². The van der Waals surface area contributed by atoms with Crippen molar-refractivity contribution in [1.82, 2.24) is 9.69 Å². The van der Waals surface area contributed by atoms with Gasteiger partial charge in [-0.25, -0.2) is 0 Å². The van der Waals surface area contributed by atoms with E-state index in [0.29, 0.717) is 17.0 Å². The van der Waals surface area contributed by atoms with E-state index in [-0.39, 0.29) is 16.3 Å². The van der Waals surface area contributed by atoms with E-state index < -0.39 is 29.3 Å². The lowest BCUT2D eigenvalue weighted by molar-refractivity contribution is -0.123. The lowest BCUT2D eigenvalue weighted by Gasteiger charge is -2.34. The SMILES string of the molecule is COc1ccc([C@H](C(=O)NC(C)(C)C)N(C(=O)c2snc(C(N)=O)c2N)c2cc(C)cc(C)c2)cc1. The molecule has 0 unspecified atom stereocenters. The summed E-state index contributed by atoms with van der Waals surface area (Å²) in [6.45, 7) is 9.39. The van der Waals surface area contributed by atoms with Crippen molar-refractivity contribution in [3.05, 3.63) is 69.7 Å². The summed E-state index contributed by atoms with van der Waals surface area (Å²) in [5.41, 5.74) is 13.5. The normalized spacial score (nSPS) is 12.1. The molecule has 5 N–H and O–H groups in total. The molecule has 0 aliphatic rings. The van der Waals surface area contributed by atoms with Gasteiger partial charge in [0.05, 0.1) is 12.8 Å². The van der Waals surface area contributed by atoms with E-state index in [1.54, 1.807) is 31.4 Å². The second kappa shape index (κ2) is 10.4. The Hall–Kier alpha value is -3.92. The Morgan fingerprint density at radius 3 is 2.11 bits per heavy atom. The van der Waals surface area contributed by atoms with E-state index in [1.165, 1.54) is 4.90 Å². The first-order chi connectivity index (χ1) is 16.8. The maximum Gasteiger partial charge on any atom is 0.273 e. The Morgan fingerprint density at radius 1 is 1.06 bits per heavy atom. The van der Waals surface area contributed by atoms with Gasteiger partial charge in [0.25, 0.3) is 11.8 Å². The lowest BCUT2D eigenvalue weighted by atomic mass is 9.99. The molecule has 0 fully saturated rings. The van der Waals surface area contributed by atoms with E-state index in [0.717, 1.165) is 22.7 Å². The summed E-state index contributed by atoms with van der Waals surface area (Å²) < 4.78 is 9.26. The van der Waals surface area contributed by atoms with Gasteiger partial charge in [-0.05, 0) is 87.1 Å². The van der Waals surface area contributed by atoms with E-state index in [4.69, 9.17) is 16.2 Å². The summed E-state index contributed by atoms with van der Waals surface area (Å²) in [7, 11) is 1.55. The monoisotopic (exact) mass is 509 g/mol. The number of benzene rings is 2. The number of hydrogen-bond donors (Lipinski definition) is 3. The largest absolute Gasteiger partial charge is 0.497 e. The van der Waals surface area contributed by atoms with Crippen molar-refractivity contribution >= 4 is 40.6 Å². The van der Waals surface area contributed by atoms with Gasteiger partial charge in [-0.15, -0.1) is 0 Å². The fraction of sp³-hybridized carbons (Fsp3) is 0.308. The molecule has 10 heteroatoms. The van der Waals surface area contributed by atoms with Crippen molar-refractivity contribution in [2.45, 2.75) is 46.2 Å². The average molecular weight is 510 g/mol. The number of ether oxygens (including phenoxy) is 1. The van der Waals surface area contributed by atoms with Crippen molar-refractivity contribution in [2.24, 2.45) is 5.73 Å². The van der Waals surface area contributed by atoms with Gasteiger partial charge in [0.2, 0.25) is 5.91 Å². The Bertz CT molecular complexity index is 1270. The predicted molar refractivity (Wildman–Crippen MR) is 141 cm³/mol. The first-order valence-corrected chi connectivity index (χ1v) is 12.0. The molecule has 0 saturated carbocycles. The molecule has 190 valence electrons. The number of amides is 3. The summed E-state index contributed by atoms with van der Waals surface area (Å²) in [4.78, 5) is 41.0. The third-order valence-corrected chi connectivity index (χ3v) is 6.15. The van der Waals surface area contributed by atoms with Crippen LogP contribution in [0.25, 0.3) is 0 Å². The number of hydrogen-bond acceptors (Lipinski definition) is 7. The van der Waals surface area contributed by atoms with Crippen LogP contribution in [0.2, 0.25) is 0 Å². The second-order valence-electron chi connectivity index (χ2n) is 9.57. The fourth-order valence-electron chi connectivity index (χ4n) is 3.85. The first kappa shape index (κ1) is 26.7. The zero-order chi connectivity index (χ0) is 26.8. The molecule has 36 heavy (non-hydrogen) atoms. The highest BCUT2D eigenvalue weighted by atomic mass is 32.1. The molecule has 1 heterocycles. The van der Waals surface area contributed by atoms with Crippen LogP contribution in [0.5, 0.6) is 5.75 Å². The van der Waals surface area contributed by atoms with Crippen molar-refractivity contribution < 1.29 is 19.1 Å². The van der Waals surface area contributed by atoms with Gasteiger partial charge in [-0.1, -0.05) is 18.2 Å². The number of methoxy groups -OCH3 is 1. The van der Waals surface area contributed by atoms with Crippen LogP contribution in [0.15, 0.2) is 42.5 Å².